The zero-order valence-corrected chi connectivity index (χ0v) is 19.5. The van der Waals surface area contributed by atoms with Crippen LogP contribution in [0.3, 0.4) is 0 Å². The number of nitriles is 1. The first-order valence-corrected chi connectivity index (χ1v) is 12.3. The largest absolute Gasteiger partial charge is 0.497 e. The minimum absolute atomic E-state index is 0.100. The zero-order chi connectivity index (χ0) is 24.3. The molecule has 4 aromatic rings. The summed E-state index contributed by atoms with van der Waals surface area (Å²) in [5.74, 6) is 0.660. The summed E-state index contributed by atoms with van der Waals surface area (Å²) in [6.45, 7) is 0. The van der Waals surface area contributed by atoms with Crippen LogP contribution in [0.1, 0.15) is 22.2 Å². The van der Waals surface area contributed by atoms with Gasteiger partial charge >= 0.3 is 0 Å². The van der Waals surface area contributed by atoms with Crippen LogP contribution < -0.4 is 9.46 Å². The molecular formula is C23H18N4O5S2. The molecule has 0 saturated heterocycles. The molecule has 0 aliphatic rings. The number of methoxy groups -OCH3 is 1. The standard InChI is InChI=1S/C23H18N4O5S2/c1-32-18-7-10-20-22(13-18)33-23(25-20)21(12-15-3-2-4-16(11-15)14-24)26-34(30,31)19-8-5-17(6-9-19)27(28)29/h2-11,13,21,26H,12H2,1H3. The van der Waals surface area contributed by atoms with Crippen molar-refractivity contribution >= 4 is 37.3 Å². The van der Waals surface area contributed by atoms with Crippen molar-refractivity contribution < 1.29 is 18.1 Å². The van der Waals surface area contributed by atoms with Crippen LogP contribution in [0.5, 0.6) is 5.75 Å². The van der Waals surface area contributed by atoms with Crippen molar-refractivity contribution in [1.29, 1.82) is 5.26 Å². The number of nitrogens with one attached hydrogen (secondary N) is 1. The molecule has 0 spiro atoms. The normalized spacial score (nSPS) is 12.2. The van der Waals surface area contributed by atoms with E-state index < -0.39 is 21.0 Å². The van der Waals surface area contributed by atoms with Crippen molar-refractivity contribution in [3.05, 3.63) is 93.0 Å². The van der Waals surface area contributed by atoms with Crippen LogP contribution >= 0.6 is 11.3 Å². The minimum Gasteiger partial charge on any atom is -0.497 e. The molecule has 0 radical (unpaired) electrons. The van der Waals surface area contributed by atoms with Crippen molar-refractivity contribution in [3.8, 4) is 11.8 Å². The molecule has 9 nitrogen and oxygen atoms in total. The number of benzene rings is 3. The summed E-state index contributed by atoms with van der Waals surface area (Å²) in [6.07, 6.45) is 0.249. The molecule has 172 valence electrons. The van der Waals surface area contributed by atoms with Gasteiger partial charge in [0.05, 0.1) is 44.8 Å². The summed E-state index contributed by atoms with van der Waals surface area (Å²) < 4.78 is 35.1. The van der Waals surface area contributed by atoms with Gasteiger partial charge in [0.25, 0.3) is 5.69 Å². The number of rotatable bonds is 8. The first-order valence-electron chi connectivity index (χ1n) is 9.99. The fourth-order valence-corrected chi connectivity index (χ4v) is 5.71. The van der Waals surface area contributed by atoms with Crippen LogP contribution in [0.2, 0.25) is 0 Å². The Hall–Kier alpha value is -3.85. The summed E-state index contributed by atoms with van der Waals surface area (Å²) in [6, 6.07) is 18.3. The van der Waals surface area contributed by atoms with Gasteiger partial charge in [-0.2, -0.15) is 5.26 Å². The van der Waals surface area contributed by atoms with E-state index in [0.717, 1.165) is 22.4 Å². The van der Waals surface area contributed by atoms with E-state index in [2.05, 4.69) is 15.8 Å². The average Bonchev–Trinajstić information content (AvgIpc) is 3.27. The Morgan fingerprint density at radius 1 is 1.18 bits per heavy atom. The monoisotopic (exact) mass is 494 g/mol. The fraction of sp³-hybridized carbons (Fsp3) is 0.130. The number of nitro benzene ring substituents is 1. The summed E-state index contributed by atoms with van der Waals surface area (Å²) in [7, 11) is -2.47. The Balaban J connectivity index is 1.72. The number of fused-ring (bicyclic) bond motifs is 1. The second-order valence-electron chi connectivity index (χ2n) is 7.33. The van der Waals surface area contributed by atoms with Gasteiger partial charge in [-0.15, -0.1) is 11.3 Å². The highest BCUT2D eigenvalue weighted by molar-refractivity contribution is 7.89. The van der Waals surface area contributed by atoms with Gasteiger partial charge in [-0.3, -0.25) is 10.1 Å². The van der Waals surface area contributed by atoms with Gasteiger partial charge in [-0.05, 0) is 54.4 Å². The second-order valence-corrected chi connectivity index (χ2v) is 10.1. The van der Waals surface area contributed by atoms with Crippen molar-refractivity contribution in [1.82, 2.24) is 9.71 Å². The molecule has 34 heavy (non-hydrogen) atoms. The minimum atomic E-state index is -4.03. The van der Waals surface area contributed by atoms with E-state index >= 15 is 0 Å². The van der Waals surface area contributed by atoms with Crippen molar-refractivity contribution in [2.24, 2.45) is 0 Å². The summed E-state index contributed by atoms with van der Waals surface area (Å²) in [4.78, 5) is 14.8. The van der Waals surface area contributed by atoms with Gasteiger partial charge in [0.2, 0.25) is 10.0 Å². The molecule has 1 unspecified atom stereocenters. The second kappa shape index (κ2) is 9.56. The number of hydrogen-bond acceptors (Lipinski definition) is 8. The molecule has 1 N–H and O–H groups in total. The smallest absolute Gasteiger partial charge is 0.269 e. The number of sulfonamides is 1. The summed E-state index contributed by atoms with van der Waals surface area (Å²) in [5, 5.41) is 20.7. The molecule has 1 atom stereocenters. The molecule has 1 aromatic heterocycles. The Kier molecular flexibility index (Phi) is 6.56. The molecular weight excluding hydrogens is 476 g/mol. The first-order chi connectivity index (χ1) is 16.3. The van der Waals surface area contributed by atoms with Gasteiger partial charge in [-0.1, -0.05) is 12.1 Å². The maximum absolute atomic E-state index is 13.1. The van der Waals surface area contributed by atoms with Crippen LogP contribution in [0.15, 0.2) is 71.6 Å². The van der Waals surface area contributed by atoms with Gasteiger partial charge in [0, 0.05) is 12.1 Å². The number of hydrogen-bond donors (Lipinski definition) is 1. The lowest BCUT2D eigenvalue weighted by molar-refractivity contribution is -0.384. The van der Waals surface area contributed by atoms with E-state index in [4.69, 9.17) is 4.74 Å². The number of nitro groups is 1. The zero-order valence-electron chi connectivity index (χ0n) is 17.8. The third-order valence-corrected chi connectivity index (χ3v) is 7.68. The molecule has 3 aromatic carbocycles. The topological polar surface area (TPSA) is 135 Å². The third-order valence-electron chi connectivity index (χ3n) is 5.06. The maximum Gasteiger partial charge on any atom is 0.269 e. The average molecular weight is 495 g/mol. The van der Waals surface area contributed by atoms with Crippen LogP contribution in [-0.4, -0.2) is 25.4 Å². The number of non-ortho nitro benzene ring substituents is 1. The van der Waals surface area contributed by atoms with E-state index in [1.54, 1.807) is 37.4 Å². The van der Waals surface area contributed by atoms with Crippen LogP contribution in [0.4, 0.5) is 5.69 Å². The van der Waals surface area contributed by atoms with Gasteiger partial charge in [-0.25, -0.2) is 18.1 Å². The number of aromatic nitrogens is 1. The van der Waals surface area contributed by atoms with E-state index in [0.29, 0.717) is 21.8 Å². The fourth-order valence-electron chi connectivity index (χ4n) is 3.38. The molecule has 0 amide bonds. The van der Waals surface area contributed by atoms with Crippen LogP contribution in [-0.2, 0) is 16.4 Å². The highest BCUT2D eigenvalue weighted by Crippen LogP contribution is 2.32. The Morgan fingerprint density at radius 2 is 1.94 bits per heavy atom. The van der Waals surface area contributed by atoms with Gasteiger partial charge in [0.1, 0.15) is 10.8 Å². The van der Waals surface area contributed by atoms with Gasteiger partial charge in [0.15, 0.2) is 0 Å². The molecule has 0 aliphatic carbocycles. The van der Waals surface area contributed by atoms with Crippen LogP contribution in [0.25, 0.3) is 10.2 Å². The Morgan fingerprint density at radius 3 is 2.62 bits per heavy atom. The third kappa shape index (κ3) is 5.04. The SMILES string of the molecule is COc1ccc2nc(C(Cc3cccc(C#N)c3)NS(=O)(=O)c3ccc([N+](=O)[O-])cc3)sc2c1. The lowest BCUT2D eigenvalue weighted by Gasteiger charge is -2.17. The Labute approximate surface area is 199 Å². The molecule has 1 heterocycles. The lowest BCUT2D eigenvalue weighted by atomic mass is 10.0. The highest BCUT2D eigenvalue weighted by atomic mass is 32.2. The summed E-state index contributed by atoms with van der Waals surface area (Å²) in [5.41, 5.74) is 1.71. The predicted octanol–water partition coefficient (Wildman–Crippen LogP) is 4.35. The quantitative estimate of drug-likeness (QED) is 0.284. The molecule has 11 heteroatoms. The maximum atomic E-state index is 13.1. The highest BCUT2D eigenvalue weighted by Gasteiger charge is 2.25. The Bertz CT molecular complexity index is 1510. The van der Waals surface area contributed by atoms with E-state index in [-0.39, 0.29) is 17.0 Å². The van der Waals surface area contributed by atoms with E-state index in [1.807, 2.05) is 12.1 Å². The van der Waals surface area contributed by atoms with Crippen LogP contribution in [0, 0.1) is 21.4 Å². The summed E-state index contributed by atoms with van der Waals surface area (Å²) >= 11 is 1.33. The molecule has 4 rings (SSSR count). The lowest BCUT2D eigenvalue weighted by Crippen LogP contribution is -2.30. The van der Waals surface area contributed by atoms with Crippen molar-refractivity contribution in [2.45, 2.75) is 17.4 Å². The number of nitrogens with zero attached hydrogens (tertiary/aromatic N) is 3. The predicted molar refractivity (Wildman–Crippen MR) is 127 cm³/mol. The van der Waals surface area contributed by atoms with Gasteiger partial charge < -0.3 is 4.74 Å². The first kappa shape index (κ1) is 23.3. The molecule has 0 bridgehead atoms. The number of ether oxygens (including phenoxy) is 1. The van der Waals surface area contributed by atoms with Crippen molar-refractivity contribution in [2.75, 3.05) is 7.11 Å². The van der Waals surface area contributed by atoms with E-state index in [9.17, 15) is 23.8 Å². The molecule has 0 saturated carbocycles. The van der Waals surface area contributed by atoms with E-state index in [1.165, 1.54) is 23.5 Å². The van der Waals surface area contributed by atoms with Crippen molar-refractivity contribution in [3.63, 3.8) is 0 Å². The number of thiazole rings is 1. The molecule has 0 aliphatic heterocycles. The molecule has 0 fully saturated rings.